The summed E-state index contributed by atoms with van der Waals surface area (Å²) in [6, 6.07) is 5.55. The van der Waals surface area contributed by atoms with Gasteiger partial charge in [0.15, 0.2) is 0 Å². The zero-order valence-electron chi connectivity index (χ0n) is 58.5. The Labute approximate surface area is 564 Å². The number of anilines is 1. The Morgan fingerprint density at radius 3 is 2.23 bits per heavy atom. The third-order valence-corrected chi connectivity index (χ3v) is 21.1. The Balaban J connectivity index is 0.984. The highest BCUT2D eigenvalue weighted by Crippen LogP contribution is 2.43. The van der Waals surface area contributed by atoms with Crippen LogP contribution in [0.5, 0.6) is 0 Å². The number of hydrogen-bond acceptors (Lipinski definition) is 17. The van der Waals surface area contributed by atoms with E-state index in [0.717, 1.165) is 50.6 Å². The minimum absolute atomic E-state index is 0.00834. The highest BCUT2D eigenvalue weighted by atomic mass is 79.9. The summed E-state index contributed by atoms with van der Waals surface area (Å²) in [5.74, 6) is -2.78. The van der Waals surface area contributed by atoms with Crippen LogP contribution in [-0.2, 0) is 66.8 Å². The monoisotopic (exact) mass is 1380 g/mol. The van der Waals surface area contributed by atoms with Crippen LogP contribution in [0, 0.1) is 17.3 Å². The smallest absolute Gasteiger partial charge is 0.464 e. The third kappa shape index (κ3) is 16.0. The SMILES string of the molecule is CCn1c(-c2cc(N3CCN(C(=O)OCC[Si](C)(C)C)CC3)cnc2[C@H](C)OC)c(CC(C)(C)COC(=O)[C@@H]2CCCN(C(=O)[C@@H]3Cc4nc(Br)nn4/C=C\[C@@H]4[C@H](CCN4C(=O)OC(C)(C)C)C(=O)N(C)[C@@H](C(C)C)C(=O)N3)N2)c2cc(B3OC(C)(C)C(C)(C)O3)ccc21. The summed E-state index contributed by atoms with van der Waals surface area (Å²) in [6.07, 6.45) is 5.42. The summed E-state index contributed by atoms with van der Waals surface area (Å²) in [4.78, 5) is 103. The van der Waals surface area contributed by atoms with Gasteiger partial charge in [-0.25, -0.2) is 24.7 Å². The molecule has 0 spiro atoms. The average Bonchev–Trinajstić information content (AvgIpc) is 1.57. The summed E-state index contributed by atoms with van der Waals surface area (Å²) in [7, 11) is 1.24. The molecule has 5 amide bonds. The van der Waals surface area contributed by atoms with E-state index < -0.39 is 97.5 Å². The zero-order valence-corrected chi connectivity index (χ0v) is 61.1. The lowest BCUT2D eigenvalue weighted by Gasteiger charge is -2.37. The van der Waals surface area contributed by atoms with Crippen LogP contribution < -0.4 is 21.1 Å². The fourth-order valence-electron chi connectivity index (χ4n) is 13.1. The molecular weight excluding hydrogens is 1280 g/mol. The predicted octanol–water partition coefficient (Wildman–Crippen LogP) is 8.61. The first-order valence-corrected chi connectivity index (χ1v) is 37.8. The van der Waals surface area contributed by atoms with E-state index in [2.05, 4.69) is 111 Å². The molecule has 5 aliphatic heterocycles. The number of rotatable bonds is 16. The minimum atomic E-state index is -1.38. The fraction of sp³-hybridized carbons (Fsp3) is 0.657. The number of pyridine rings is 1. The number of hydrazine groups is 1. The lowest BCUT2D eigenvalue weighted by molar-refractivity contribution is -0.155. The molecule has 27 heteroatoms. The number of carbonyl (C=O) groups excluding carboxylic acids is 6. The van der Waals surface area contributed by atoms with Gasteiger partial charge in [0.25, 0.3) is 5.91 Å². The van der Waals surface area contributed by atoms with E-state index in [9.17, 15) is 24.0 Å². The number of fused-ring (bicyclic) bond motifs is 3. The van der Waals surface area contributed by atoms with Gasteiger partial charge in [-0.2, -0.15) is 0 Å². The zero-order chi connectivity index (χ0) is 68.7. The van der Waals surface area contributed by atoms with Crippen molar-refractivity contribution in [1.29, 1.82) is 0 Å². The van der Waals surface area contributed by atoms with Crippen LogP contribution in [0.4, 0.5) is 15.3 Å². The van der Waals surface area contributed by atoms with Crippen LogP contribution >= 0.6 is 15.9 Å². The van der Waals surface area contributed by atoms with Crippen LogP contribution in [0.15, 0.2) is 41.3 Å². The maximum atomic E-state index is 15.1. The number of aromatic nitrogens is 5. The number of nitrogens with one attached hydrogen (secondary N) is 2. The topological polar surface area (TPSA) is 247 Å². The molecule has 5 aliphatic rings. The molecule has 0 unspecified atom stereocenters. The van der Waals surface area contributed by atoms with Crippen molar-refractivity contribution in [3.8, 4) is 11.3 Å². The lowest BCUT2D eigenvalue weighted by Crippen LogP contribution is -2.62. The Morgan fingerprint density at radius 2 is 1.60 bits per heavy atom. The van der Waals surface area contributed by atoms with E-state index in [0.29, 0.717) is 70.8 Å². The number of likely N-dealkylation sites (tertiary alicyclic amines) is 1. The number of piperazine rings is 1. The average molecular weight is 1380 g/mol. The molecule has 6 atom stereocenters. The number of nitrogens with zero attached hydrogens (tertiary/aromatic N) is 10. The predicted molar refractivity (Wildman–Crippen MR) is 367 cm³/mol. The summed E-state index contributed by atoms with van der Waals surface area (Å²) in [5, 5.41) is 9.87. The maximum Gasteiger partial charge on any atom is 0.494 e. The second-order valence-electron chi connectivity index (χ2n) is 30.1. The first kappa shape index (κ1) is 71.9. The second-order valence-corrected chi connectivity index (χ2v) is 36.5. The van der Waals surface area contributed by atoms with Gasteiger partial charge in [-0.3, -0.25) is 29.2 Å². The van der Waals surface area contributed by atoms with E-state index in [1.807, 2.05) is 54.7 Å². The van der Waals surface area contributed by atoms with E-state index >= 15 is 4.79 Å². The van der Waals surface area contributed by atoms with Crippen molar-refractivity contribution in [2.24, 2.45) is 17.3 Å². The van der Waals surface area contributed by atoms with Gasteiger partial charge >= 0.3 is 25.3 Å². The molecule has 1 aromatic carbocycles. The van der Waals surface area contributed by atoms with Crippen molar-refractivity contribution in [3.05, 3.63) is 58.4 Å². The molecule has 9 rings (SSSR count). The van der Waals surface area contributed by atoms with Gasteiger partial charge in [0.1, 0.15) is 29.6 Å². The Morgan fingerprint density at radius 1 is 0.904 bits per heavy atom. The highest BCUT2D eigenvalue weighted by Gasteiger charge is 2.52. The van der Waals surface area contributed by atoms with E-state index in [1.54, 1.807) is 52.1 Å². The van der Waals surface area contributed by atoms with Crippen molar-refractivity contribution < 1.29 is 57.0 Å². The lowest BCUT2D eigenvalue weighted by atomic mass is 9.77. The van der Waals surface area contributed by atoms with Crippen LogP contribution in [0.1, 0.15) is 132 Å². The number of esters is 1. The third-order valence-electron chi connectivity index (χ3n) is 19.1. The molecular formula is C67H100BBrN12O12Si. The molecule has 0 saturated carbocycles. The normalized spacial score (nSPS) is 22.9. The number of amides is 5. The molecule has 2 N–H and O–H groups in total. The van der Waals surface area contributed by atoms with E-state index in [1.165, 1.54) is 19.5 Å². The first-order valence-electron chi connectivity index (χ1n) is 33.3. The Kier molecular flexibility index (Phi) is 21.7. The largest absolute Gasteiger partial charge is 0.494 e. The van der Waals surface area contributed by atoms with Crippen LogP contribution in [0.25, 0.3) is 28.4 Å². The van der Waals surface area contributed by atoms with Gasteiger partial charge in [0, 0.05) is 103 Å². The highest BCUT2D eigenvalue weighted by molar-refractivity contribution is 9.10. The second kappa shape index (κ2) is 28.4. The molecule has 3 aromatic heterocycles. The van der Waals surface area contributed by atoms with Crippen molar-refractivity contribution in [3.63, 3.8) is 0 Å². The summed E-state index contributed by atoms with van der Waals surface area (Å²) < 4.78 is 41.2. The number of hydrogen-bond donors (Lipinski definition) is 2. The van der Waals surface area contributed by atoms with Crippen LogP contribution in [0.3, 0.4) is 0 Å². The maximum absolute atomic E-state index is 15.1. The van der Waals surface area contributed by atoms with Gasteiger partial charge in [-0.1, -0.05) is 59.5 Å². The molecule has 94 heavy (non-hydrogen) atoms. The molecule has 8 heterocycles. The quantitative estimate of drug-likeness (QED) is 0.0605. The summed E-state index contributed by atoms with van der Waals surface area (Å²) in [5.41, 5.74) is 6.89. The van der Waals surface area contributed by atoms with Gasteiger partial charge in [0.2, 0.25) is 16.5 Å². The number of carbonyl (C=O) groups is 6. The van der Waals surface area contributed by atoms with Crippen LogP contribution in [-0.4, -0.2) is 203 Å². The molecule has 514 valence electrons. The van der Waals surface area contributed by atoms with Crippen LogP contribution in [0.2, 0.25) is 25.7 Å². The molecule has 4 aromatic rings. The van der Waals surface area contributed by atoms with E-state index in [-0.39, 0.29) is 48.8 Å². The number of halogens is 1. The molecule has 4 fully saturated rings. The molecule has 4 saturated heterocycles. The number of methoxy groups -OCH3 is 1. The molecule has 0 aliphatic carbocycles. The number of ether oxygens (including phenoxy) is 4. The Bertz CT molecular complexity index is 3480. The van der Waals surface area contributed by atoms with E-state index in [4.69, 9.17) is 33.2 Å². The number of likely N-dealkylation sites (N-methyl/N-ethyl adjacent to an activating group) is 1. The Hall–Kier alpha value is -6.39. The van der Waals surface area contributed by atoms with Gasteiger partial charge < -0.3 is 57.7 Å². The number of aryl methyl sites for hydroxylation is 1. The minimum Gasteiger partial charge on any atom is -0.464 e. The summed E-state index contributed by atoms with van der Waals surface area (Å²) >= 11 is 3.40. The summed E-state index contributed by atoms with van der Waals surface area (Å²) in [6.45, 7) is 35.9. The van der Waals surface area contributed by atoms with Crippen molar-refractivity contribution >= 4 is 95.3 Å². The van der Waals surface area contributed by atoms with Gasteiger partial charge in [-0.15, -0.1) is 5.10 Å². The first-order chi connectivity index (χ1) is 44.0. The van der Waals surface area contributed by atoms with Gasteiger partial charge in [0.05, 0.1) is 65.8 Å². The van der Waals surface area contributed by atoms with Crippen molar-refractivity contribution in [2.75, 3.05) is 71.5 Å². The standard InChI is InChI=1S/C67H100BBrN12O12Si/c1-19-78-51-23-22-43(68-92-66(10,11)67(12,13)93-68)35-46(51)48(56(78)47-36-44(39-70-54(47)42(4)88-15)76-29-31-77(32-30-76)62(86)89-33-34-94(16,17)18)38-65(8,9)40-90-60(85)49-21-20-26-81(73-49)59(84)50-37-53-72-61(69)74-80(53)28-25-52-45(24-27-79(52)63(87)91-64(5,6)7)58(83)75(14)55(41(2)3)57(82)71-50/h22-23,25,28,35-36,39,41-42,45,49-50,52,55,73H,19-21,24,26-27,29-34,37-38,40H2,1-18H3,(H,71,82)/b28-25-/t42-,45-,49-,50-,52+,55-/m0/s1. The fourth-order valence-corrected chi connectivity index (χ4v) is 14.2. The van der Waals surface area contributed by atoms with Gasteiger partial charge in [-0.05, 0) is 145 Å². The van der Waals surface area contributed by atoms with Crippen molar-refractivity contribution in [1.82, 2.24) is 54.8 Å². The van der Waals surface area contributed by atoms with Crippen molar-refractivity contribution in [2.45, 2.75) is 201 Å². The number of benzene rings is 1. The molecule has 0 radical (unpaired) electrons. The molecule has 0 bridgehead atoms. The molecule has 24 nitrogen and oxygen atoms in total.